The van der Waals surface area contributed by atoms with Crippen molar-refractivity contribution in [2.45, 2.75) is 18.9 Å². The summed E-state index contributed by atoms with van der Waals surface area (Å²) in [7, 11) is 0. The van der Waals surface area contributed by atoms with Crippen molar-refractivity contribution in [1.29, 1.82) is 0 Å². The van der Waals surface area contributed by atoms with Gasteiger partial charge in [-0.25, -0.2) is 9.97 Å². The fourth-order valence-corrected chi connectivity index (χ4v) is 1.30. The fraction of sp³-hybridized carbons (Fsp3) is 0.429. The normalized spacial score (nSPS) is 9.90. The molecule has 1 aromatic rings. The average molecular weight is 154 g/mol. The van der Waals surface area contributed by atoms with Crippen molar-refractivity contribution in [2.24, 2.45) is 0 Å². The topological polar surface area (TPSA) is 25.8 Å². The maximum absolute atomic E-state index is 4.20. The first-order valence-electron chi connectivity index (χ1n) is 3.08. The summed E-state index contributed by atoms with van der Waals surface area (Å²) in [5.74, 6) is 0.851. The molecule has 2 nitrogen and oxygen atoms in total. The molecule has 3 heteroatoms. The van der Waals surface area contributed by atoms with Gasteiger partial charge in [0.1, 0.15) is 5.82 Å². The number of aromatic nitrogens is 2. The highest BCUT2D eigenvalue weighted by molar-refractivity contribution is 7.98. The van der Waals surface area contributed by atoms with Crippen molar-refractivity contribution in [2.75, 3.05) is 6.26 Å². The van der Waals surface area contributed by atoms with Crippen LogP contribution in [0.5, 0.6) is 0 Å². The number of thioether (sulfide) groups is 1. The molecule has 10 heavy (non-hydrogen) atoms. The van der Waals surface area contributed by atoms with Gasteiger partial charge in [-0.15, -0.1) is 11.8 Å². The summed E-state index contributed by atoms with van der Waals surface area (Å²) in [5.41, 5.74) is 1.04. The van der Waals surface area contributed by atoms with E-state index >= 15 is 0 Å². The van der Waals surface area contributed by atoms with Crippen LogP contribution in [0.15, 0.2) is 11.1 Å². The third-order valence-corrected chi connectivity index (χ3v) is 1.78. The molecule has 1 heterocycles. The number of nitrogens with zero attached hydrogens (tertiary/aromatic N) is 2. The first kappa shape index (κ1) is 7.54. The Morgan fingerprint density at radius 2 is 2.00 bits per heavy atom. The predicted molar refractivity (Wildman–Crippen MR) is 43.3 cm³/mol. The molecule has 0 amide bonds. The van der Waals surface area contributed by atoms with E-state index in [1.807, 2.05) is 26.2 Å². The zero-order chi connectivity index (χ0) is 7.56. The van der Waals surface area contributed by atoms with Crippen LogP contribution >= 0.6 is 11.8 Å². The maximum atomic E-state index is 4.20. The largest absolute Gasteiger partial charge is 0.238 e. The van der Waals surface area contributed by atoms with Crippen LogP contribution in [0.1, 0.15) is 11.5 Å². The minimum absolute atomic E-state index is 0.851. The summed E-state index contributed by atoms with van der Waals surface area (Å²) in [6, 6.07) is 1.98. The Labute approximate surface area is 65.1 Å². The molecule has 0 bridgehead atoms. The molecule has 0 atom stereocenters. The van der Waals surface area contributed by atoms with Gasteiger partial charge in [0.2, 0.25) is 0 Å². The van der Waals surface area contributed by atoms with Gasteiger partial charge in [-0.2, -0.15) is 0 Å². The summed E-state index contributed by atoms with van der Waals surface area (Å²) >= 11 is 1.65. The molecular formula is C7H10N2S. The van der Waals surface area contributed by atoms with Gasteiger partial charge in [0, 0.05) is 5.69 Å². The molecule has 1 aromatic heterocycles. The standard InChI is InChI=1S/C7H10N2S/c1-5-4-7(10-3)9-6(2)8-5/h4H,1-3H3. The molecule has 54 valence electrons. The highest BCUT2D eigenvalue weighted by Gasteiger charge is 1.94. The highest BCUT2D eigenvalue weighted by Crippen LogP contribution is 2.11. The van der Waals surface area contributed by atoms with Crippen molar-refractivity contribution in [3.05, 3.63) is 17.6 Å². The maximum Gasteiger partial charge on any atom is 0.126 e. The summed E-state index contributed by atoms with van der Waals surface area (Å²) in [6.07, 6.45) is 2.02. The molecule has 0 unspecified atom stereocenters. The van der Waals surface area contributed by atoms with E-state index in [-0.39, 0.29) is 0 Å². The Kier molecular flexibility index (Phi) is 2.27. The van der Waals surface area contributed by atoms with E-state index in [0.717, 1.165) is 16.5 Å². The SMILES string of the molecule is CSc1cc(C)nc(C)n1. The van der Waals surface area contributed by atoms with Crippen molar-refractivity contribution >= 4 is 11.8 Å². The van der Waals surface area contributed by atoms with E-state index in [4.69, 9.17) is 0 Å². The third-order valence-electron chi connectivity index (χ3n) is 1.15. The fourth-order valence-electron chi connectivity index (χ4n) is 0.788. The molecule has 0 fully saturated rings. The molecule has 0 saturated heterocycles. The van der Waals surface area contributed by atoms with Gasteiger partial charge < -0.3 is 0 Å². The van der Waals surface area contributed by atoms with Gasteiger partial charge >= 0.3 is 0 Å². The van der Waals surface area contributed by atoms with Gasteiger partial charge in [-0.3, -0.25) is 0 Å². The first-order chi connectivity index (χ1) is 4.72. The van der Waals surface area contributed by atoms with Gasteiger partial charge in [0.15, 0.2) is 0 Å². The monoisotopic (exact) mass is 154 g/mol. The second-order valence-electron chi connectivity index (χ2n) is 2.10. The van der Waals surface area contributed by atoms with Gasteiger partial charge in [-0.1, -0.05) is 0 Å². The minimum atomic E-state index is 0.851. The first-order valence-corrected chi connectivity index (χ1v) is 4.31. The molecule has 0 aliphatic carbocycles. The van der Waals surface area contributed by atoms with E-state index < -0.39 is 0 Å². The Bertz CT molecular complexity index is 215. The average Bonchev–Trinajstić information content (AvgIpc) is 1.85. The van der Waals surface area contributed by atoms with Crippen LogP contribution in [-0.2, 0) is 0 Å². The molecule has 0 spiro atoms. The van der Waals surface area contributed by atoms with Crippen LogP contribution in [0.25, 0.3) is 0 Å². The quantitative estimate of drug-likeness (QED) is 0.456. The van der Waals surface area contributed by atoms with Crippen LogP contribution in [-0.4, -0.2) is 16.2 Å². The van der Waals surface area contributed by atoms with Crippen LogP contribution in [0.2, 0.25) is 0 Å². The third kappa shape index (κ3) is 1.70. The number of rotatable bonds is 1. The Morgan fingerprint density at radius 1 is 1.30 bits per heavy atom. The van der Waals surface area contributed by atoms with Crippen LogP contribution in [0.4, 0.5) is 0 Å². The summed E-state index contributed by atoms with van der Waals surface area (Å²) in [6.45, 7) is 3.89. The molecule has 0 radical (unpaired) electrons. The Balaban J connectivity index is 3.06. The van der Waals surface area contributed by atoms with Crippen LogP contribution in [0, 0.1) is 13.8 Å². The van der Waals surface area contributed by atoms with Crippen LogP contribution < -0.4 is 0 Å². The minimum Gasteiger partial charge on any atom is -0.238 e. The second-order valence-corrected chi connectivity index (χ2v) is 2.93. The predicted octanol–water partition coefficient (Wildman–Crippen LogP) is 1.82. The van der Waals surface area contributed by atoms with E-state index in [1.54, 1.807) is 11.8 Å². The number of hydrogen-bond acceptors (Lipinski definition) is 3. The lowest BCUT2D eigenvalue weighted by Gasteiger charge is -1.97. The van der Waals surface area contributed by atoms with E-state index in [0.29, 0.717) is 0 Å². The van der Waals surface area contributed by atoms with Crippen LogP contribution in [0.3, 0.4) is 0 Å². The lowest BCUT2D eigenvalue weighted by molar-refractivity contribution is 0.938. The smallest absolute Gasteiger partial charge is 0.126 e. The molecule has 1 rings (SSSR count). The van der Waals surface area contributed by atoms with Crippen molar-refractivity contribution in [1.82, 2.24) is 9.97 Å². The molecule has 0 saturated carbocycles. The lowest BCUT2D eigenvalue weighted by Crippen LogP contribution is -1.91. The van der Waals surface area contributed by atoms with E-state index in [9.17, 15) is 0 Å². The van der Waals surface area contributed by atoms with Crippen molar-refractivity contribution in [3.8, 4) is 0 Å². The van der Waals surface area contributed by atoms with Gasteiger partial charge in [0.25, 0.3) is 0 Å². The summed E-state index contributed by atoms with van der Waals surface area (Å²) in [4.78, 5) is 8.36. The van der Waals surface area contributed by atoms with Gasteiger partial charge in [0.05, 0.1) is 5.03 Å². The number of hydrogen-bond donors (Lipinski definition) is 0. The highest BCUT2D eigenvalue weighted by atomic mass is 32.2. The molecule has 0 aromatic carbocycles. The number of aryl methyl sites for hydroxylation is 2. The zero-order valence-corrected chi connectivity index (χ0v) is 7.20. The van der Waals surface area contributed by atoms with E-state index in [1.165, 1.54) is 0 Å². The lowest BCUT2D eigenvalue weighted by atomic mass is 10.4. The molecule has 0 N–H and O–H groups in total. The van der Waals surface area contributed by atoms with Crippen molar-refractivity contribution < 1.29 is 0 Å². The van der Waals surface area contributed by atoms with E-state index in [2.05, 4.69) is 9.97 Å². The molecule has 0 aliphatic heterocycles. The second kappa shape index (κ2) is 3.01. The Morgan fingerprint density at radius 3 is 2.50 bits per heavy atom. The summed E-state index contributed by atoms with van der Waals surface area (Å²) in [5, 5.41) is 1.05. The molecular weight excluding hydrogens is 144 g/mol. The van der Waals surface area contributed by atoms with Crippen molar-refractivity contribution in [3.63, 3.8) is 0 Å². The molecule has 0 aliphatic rings. The van der Waals surface area contributed by atoms with Gasteiger partial charge in [-0.05, 0) is 26.2 Å². The Hall–Kier alpha value is -0.570. The zero-order valence-electron chi connectivity index (χ0n) is 6.38. The summed E-state index contributed by atoms with van der Waals surface area (Å²) < 4.78 is 0.